The SMILES string of the molecule is Cc1nccn1CC1CCN(C[C@H](C)C(F)(F)F)CC1. The van der Waals surface area contributed by atoms with Gasteiger partial charge in [-0.15, -0.1) is 0 Å². The maximum absolute atomic E-state index is 12.5. The molecule has 0 spiro atoms. The second kappa shape index (κ2) is 6.16. The largest absolute Gasteiger partial charge is 0.392 e. The number of piperidine rings is 1. The Bertz CT molecular complexity index is 420. The van der Waals surface area contributed by atoms with E-state index in [9.17, 15) is 13.2 Å². The van der Waals surface area contributed by atoms with E-state index in [1.54, 1.807) is 6.20 Å². The average molecular weight is 289 g/mol. The third-order valence-corrected chi connectivity index (χ3v) is 4.18. The highest BCUT2D eigenvalue weighted by Crippen LogP contribution is 2.28. The van der Waals surface area contributed by atoms with Crippen molar-refractivity contribution in [2.45, 2.75) is 39.4 Å². The zero-order chi connectivity index (χ0) is 14.8. The van der Waals surface area contributed by atoms with Crippen LogP contribution in [0.25, 0.3) is 0 Å². The number of hydrogen-bond donors (Lipinski definition) is 0. The van der Waals surface area contributed by atoms with Gasteiger partial charge in [-0.2, -0.15) is 13.2 Å². The lowest BCUT2D eigenvalue weighted by Gasteiger charge is -2.34. The number of rotatable bonds is 4. The third-order valence-electron chi connectivity index (χ3n) is 4.18. The quantitative estimate of drug-likeness (QED) is 0.849. The van der Waals surface area contributed by atoms with Gasteiger partial charge in [0, 0.05) is 25.5 Å². The van der Waals surface area contributed by atoms with E-state index in [0.717, 1.165) is 38.3 Å². The first-order valence-corrected chi connectivity index (χ1v) is 7.13. The van der Waals surface area contributed by atoms with Gasteiger partial charge in [0.1, 0.15) is 5.82 Å². The van der Waals surface area contributed by atoms with Crippen LogP contribution in [0.4, 0.5) is 13.2 Å². The van der Waals surface area contributed by atoms with E-state index in [-0.39, 0.29) is 6.54 Å². The number of aryl methyl sites for hydroxylation is 1. The number of alkyl halides is 3. The molecule has 1 aromatic heterocycles. The molecule has 1 fully saturated rings. The molecule has 1 aliphatic heterocycles. The van der Waals surface area contributed by atoms with Gasteiger partial charge in [0.15, 0.2) is 0 Å². The molecule has 1 atom stereocenters. The Morgan fingerprint density at radius 3 is 2.50 bits per heavy atom. The number of hydrogen-bond acceptors (Lipinski definition) is 2. The topological polar surface area (TPSA) is 21.1 Å². The molecule has 0 N–H and O–H groups in total. The van der Waals surface area contributed by atoms with Crippen molar-refractivity contribution >= 4 is 0 Å². The van der Waals surface area contributed by atoms with Gasteiger partial charge in [-0.25, -0.2) is 4.98 Å². The Balaban J connectivity index is 1.77. The maximum atomic E-state index is 12.5. The van der Waals surface area contributed by atoms with Crippen LogP contribution in [0, 0.1) is 18.8 Å². The molecule has 0 radical (unpaired) electrons. The number of aromatic nitrogens is 2. The van der Waals surface area contributed by atoms with Crippen LogP contribution >= 0.6 is 0 Å². The van der Waals surface area contributed by atoms with Gasteiger partial charge < -0.3 is 9.47 Å². The van der Waals surface area contributed by atoms with Crippen molar-refractivity contribution < 1.29 is 13.2 Å². The molecule has 1 aliphatic rings. The monoisotopic (exact) mass is 289 g/mol. The normalized spacial score (nSPS) is 20.2. The predicted molar refractivity (Wildman–Crippen MR) is 71.3 cm³/mol. The zero-order valence-corrected chi connectivity index (χ0v) is 12.0. The first-order chi connectivity index (χ1) is 9.36. The Kier molecular flexibility index (Phi) is 4.73. The molecule has 114 valence electrons. The molecule has 0 saturated carbocycles. The molecule has 2 rings (SSSR count). The molecule has 3 nitrogen and oxygen atoms in total. The van der Waals surface area contributed by atoms with E-state index in [1.165, 1.54) is 6.92 Å². The molecule has 1 saturated heterocycles. The summed E-state index contributed by atoms with van der Waals surface area (Å²) in [6.07, 6.45) is 1.60. The zero-order valence-electron chi connectivity index (χ0n) is 12.0. The highest BCUT2D eigenvalue weighted by atomic mass is 19.4. The van der Waals surface area contributed by atoms with Gasteiger partial charge in [-0.05, 0) is 38.8 Å². The minimum absolute atomic E-state index is 0.125. The summed E-state index contributed by atoms with van der Waals surface area (Å²) >= 11 is 0. The molecule has 20 heavy (non-hydrogen) atoms. The molecule has 6 heteroatoms. The molecule has 2 heterocycles. The standard InChI is InChI=1S/C14H22F3N3/c1-11(14(15,16)17)9-19-6-3-13(4-7-19)10-20-8-5-18-12(20)2/h5,8,11,13H,3-4,6-7,9-10H2,1-2H3/t11-/m0/s1. The molecule has 0 aliphatic carbocycles. The summed E-state index contributed by atoms with van der Waals surface area (Å²) < 4.78 is 39.7. The van der Waals surface area contributed by atoms with E-state index >= 15 is 0 Å². The van der Waals surface area contributed by atoms with Crippen LogP contribution in [0.15, 0.2) is 12.4 Å². The van der Waals surface area contributed by atoms with Crippen molar-refractivity contribution in [3.63, 3.8) is 0 Å². The lowest BCUT2D eigenvalue weighted by atomic mass is 9.96. The minimum Gasteiger partial charge on any atom is -0.335 e. The van der Waals surface area contributed by atoms with Crippen LogP contribution in [0.5, 0.6) is 0 Å². The molecular formula is C14H22F3N3. The summed E-state index contributed by atoms with van der Waals surface area (Å²) in [5.41, 5.74) is 0. The van der Waals surface area contributed by atoms with Crippen LogP contribution in [-0.4, -0.2) is 40.3 Å². The van der Waals surface area contributed by atoms with Gasteiger partial charge >= 0.3 is 6.18 Å². The molecule has 1 aromatic rings. The molecule has 0 amide bonds. The van der Waals surface area contributed by atoms with Crippen LogP contribution in [0.2, 0.25) is 0 Å². The van der Waals surface area contributed by atoms with Crippen molar-refractivity contribution in [3.8, 4) is 0 Å². The maximum Gasteiger partial charge on any atom is 0.392 e. The number of likely N-dealkylation sites (tertiary alicyclic amines) is 1. The first-order valence-electron chi connectivity index (χ1n) is 7.13. The van der Waals surface area contributed by atoms with Crippen LogP contribution < -0.4 is 0 Å². The fourth-order valence-electron chi connectivity index (χ4n) is 2.72. The second-order valence-electron chi connectivity index (χ2n) is 5.81. The van der Waals surface area contributed by atoms with Gasteiger partial charge in [-0.1, -0.05) is 6.92 Å². The summed E-state index contributed by atoms with van der Waals surface area (Å²) in [5.74, 6) is 0.299. The molecule has 0 bridgehead atoms. The van der Waals surface area contributed by atoms with Crippen LogP contribution in [0.1, 0.15) is 25.6 Å². The van der Waals surface area contributed by atoms with Gasteiger partial charge in [0.25, 0.3) is 0 Å². The summed E-state index contributed by atoms with van der Waals surface area (Å²) in [7, 11) is 0. The lowest BCUT2D eigenvalue weighted by molar-refractivity contribution is -0.174. The van der Waals surface area contributed by atoms with Crippen LogP contribution in [0.3, 0.4) is 0 Å². The van der Waals surface area contributed by atoms with E-state index in [0.29, 0.717) is 5.92 Å². The summed E-state index contributed by atoms with van der Waals surface area (Å²) in [4.78, 5) is 6.13. The van der Waals surface area contributed by atoms with E-state index < -0.39 is 12.1 Å². The predicted octanol–water partition coefficient (Wildman–Crippen LogP) is 3.10. The number of halogens is 3. The fraction of sp³-hybridized carbons (Fsp3) is 0.786. The Morgan fingerprint density at radius 2 is 2.00 bits per heavy atom. The minimum atomic E-state index is -4.08. The smallest absolute Gasteiger partial charge is 0.335 e. The summed E-state index contributed by atoms with van der Waals surface area (Å²) in [5, 5.41) is 0. The molecule has 0 unspecified atom stereocenters. The number of nitrogens with zero attached hydrogens (tertiary/aromatic N) is 3. The molecule has 0 aromatic carbocycles. The lowest BCUT2D eigenvalue weighted by Crippen LogP contribution is -2.40. The van der Waals surface area contributed by atoms with Crippen molar-refractivity contribution in [1.29, 1.82) is 0 Å². The van der Waals surface area contributed by atoms with Crippen LogP contribution in [-0.2, 0) is 6.54 Å². The van der Waals surface area contributed by atoms with Gasteiger partial charge in [-0.3, -0.25) is 0 Å². The average Bonchev–Trinajstić information content (AvgIpc) is 2.76. The Labute approximate surface area is 117 Å². The van der Waals surface area contributed by atoms with Gasteiger partial charge in [0.2, 0.25) is 0 Å². The highest BCUT2D eigenvalue weighted by Gasteiger charge is 2.37. The Morgan fingerprint density at radius 1 is 1.35 bits per heavy atom. The summed E-state index contributed by atoms with van der Waals surface area (Å²) in [6, 6.07) is 0. The fourth-order valence-corrected chi connectivity index (χ4v) is 2.72. The van der Waals surface area contributed by atoms with Gasteiger partial charge in [0.05, 0.1) is 5.92 Å². The number of imidazole rings is 1. The third kappa shape index (κ3) is 3.98. The highest BCUT2D eigenvalue weighted by molar-refractivity contribution is 4.89. The van der Waals surface area contributed by atoms with E-state index in [4.69, 9.17) is 0 Å². The van der Waals surface area contributed by atoms with E-state index in [1.807, 2.05) is 18.0 Å². The molecular weight excluding hydrogens is 267 g/mol. The van der Waals surface area contributed by atoms with Crippen molar-refractivity contribution in [2.24, 2.45) is 11.8 Å². The second-order valence-corrected chi connectivity index (χ2v) is 5.81. The van der Waals surface area contributed by atoms with Crippen molar-refractivity contribution in [3.05, 3.63) is 18.2 Å². The Hall–Kier alpha value is -1.04. The van der Waals surface area contributed by atoms with Crippen molar-refractivity contribution in [2.75, 3.05) is 19.6 Å². The first kappa shape index (κ1) is 15.4. The van der Waals surface area contributed by atoms with E-state index in [2.05, 4.69) is 9.55 Å². The van der Waals surface area contributed by atoms with Crippen molar-refractivity contribution in [1.82, 2.24) is 14.5 Å². The summed E-state index contributed by atoms with van der Waals surface area (Å²) in [6.45, 7) is 5.81.